The van der Waals surface area contributed by atoms with Crippen molar-refractivity contribution < 1.29 is 13.9 Å². The third kappa shape index (κ3) is 1.75. The molecular weight excluding hydrogens is 218 g/mol. The highest BCUT2D eigenvalue weighted by Crippen LogP contribution is 2.33. The largest absolute Gasteiger partial charge is 0.496 e. The van der Waals surface area contributed by atoms with Gasteiger partial charge in [-0.25, -0.2) is 0 Å². The van der Waals surface area contributed by atoms with Gasteiger partial charge >= 0.3 is 0 Å². The van der Waals surface area contributed by atoms with Gasteiger partial charge < -0.3 is 14.5 Å². The number of amides is 1. The van der Waals surface area contributed by atoms with Crippen LogP contribution in [0.4, 0.5) is 0 Å². The summed E-state index contributed by atoms with van der Waals surface area (Å²) in [7, 11) is 3.19. The van der Waals surface area contributed by atoms with Crippen LogP contribution in [0, 0.1) is 0 Å². The molecule has 1 heterocycles. The number of carbonyl (C=O) groups excluding carboxylic acids is 1. The predicted molar refractivity (Wildman–Crippen MR) is 65.5 cm³/mol. The Bertz CT molecular complexity index is 557. The van der Waals surface area contributed by atoms with Gasteiger partial charge in [-0.2, -0.15) is 0 Å². The first-order valence-electron chi connectivity index (χ1n) is 5.53. The zero-order valence-electron chi connectivity index (χ0n) is 10.2. The molecule has 1 aromatic heterocycles. The van der Waals surface area contributed by atoms with Crippen LogP contribution in [0.1, 0.15) is 23.0 Å². The molecule has 0 spiro atoms. The number of carbonyl (C=O) groups is 1. The lowest BCUT2D eigenvalue weighted by atomic mass is 10.1. The number of methoxy groups -OCH3 is 1. The van der Waals surface area contributed by atoms with Gasteiger partial charge in [0.25, 0.3) is 5.91 Å². The summed E-state index contributed by atoms with van der Waals surface area (Å²) < 4.78 is 11.0. The first-order valence-corrected chi connectivity index (χ1v) is 5.53. The number of furan rings is 1. The topological polar surface area (TPSA) is 51.5 Å². The van der Waals surface area contributed by atoms with Gasteiger partial charge in [0.1, 0.15) is 17.1 Å². The first-order chi connectivity index (χ1) is 8.22. The Balaban J connectivity index is 2.80. The third-order valence-electron chi connectivity index (χ3n) is 2.75. The lowest BCUT2D eigenvalue weighted by molar-refractivity contribution is 0.0962. The number of rotatable bonds is 3. The van der Waals surface area contributed by atoms with Gasteiger partial charge in [-0.05, 0) is 12.1 Å². The van der Waals surface area contributed by atoms with E-state index in [-0.39, 0.29) is 5.91 Å². The molecule has 0 saturated heterocycles. The minimum absolute atomic E-state index is 0.148. The summed E-state index contributed by atoms with van der Waals surface area (Å²) in [5.41, 5.74) is 1.25. The van der Waals surface area contributed by atoms with Crippen LogP contribution in [0.3, 0.4) is 0 Å². The van der Waals surface area contributed by atoms with E-state index in [0.717, 1.165) is 5.39 Å². The quantitative estimate of drug-likeness (QED) is 0.885. The van der Waals surface area contributed by atoms with Crippen molar-refractivity contribution in [2.24, 2.45) is 0 Å². The lowest BCUT2D eigenvalue weighted by Gasteiger charge is -2.03. The second-order valence-corrected chi connectivity index (χ2v) is 3.67. The zero-order valence-corrected chi connectivity index (χ0v) is 10.2. The summed E-state index contributed by atoms with van der Waals surface area (Å²) in [5, 5.41) is 3.37. The maximum atomic E-state index is 11.9. The van der Waals surface area contributed by atoms with E-state index < -0.39 is 0 Å². The van der Waals surface area contributed by atoms with Crippen molar-refractivity contribution in [3.05, 3.63) is 29.5 Å². The fourth-order valence-electron chi connectivity index (χ4n) is 1.95. The van der Waals surface area contributed by atoms with Crippen LogP contribution in [0.2, 0.25) is 0 Å². The smallest absolute Gasteiger partial charge is 0.255 e. The molecule has 0 aliphatic carbocycles. The highest BCUT2D eigenvalue weighted by molar-refractivity contribution is 6.09. The zero-order chi connectivity index (χ0) is 12.4. The van der Waals surface area contributed by atoms with Gasteiger partial charge in [0.05, 0.1) is 18.1 Å². The second kappa shape index (κ2) is 4.49. The van der Waals surface area contributed by atoms with Gasteiger partial charge in [-0.1, -0.05) is 13.0 Å². The van der Waals surface area contributed by atoms with E-state index in [1.165, 1.54) is 0 Å². The molecule has 1 amide bonds. The molecule has 0 bridgehead atoms. The molecule has 0 aliphatic heterocycles. The minimum Gasteiger partial charge on any atom is -0.496 e. The Morgan fingerprint density at radius 1 is 1.47 bits per heavy atom. The fraction of sp³-hybridized carbons (Fsp3) is 0.308. The predicted octanol–water partition coefficient (Wildman–Crippen LogP) is 2.36. The molecule has 0 fully saturated rings. The van der Waals surface area contributed by atoms with Gasteiger partial charge in [0.15, 0.2) is 0 Å². The number of benzene rings is 1. The Hall–Kier alpha value is -1.97. The molecule has 0 saturated carbocycles. The number of nitrogens with one attached hydrogen (secondary N) is 1. The SMILES string of the molecule is CCc1oc2cccc(OC)c2c1C(=O)NC. The van der Waals surface area contributed by atoms with Crippen LogP contribution in [-0.2, 0) is 6.42 Å². The molecule has 4 nitrogen and oxygen atoms in total. The van der Waals surface area contributed by atoms with E-state index >= 15 is 0 Å². The number of hydrogen-bond acceptors (Lipinski definition) is 3. The van der Waals surface area contributed by atoms with Crippen molar-refractivity contribution in [2.45, 2.75) is 13.3 Å². The number of fused-ring (bicyclic) bond motifs is 1. The van der Waals surface area contributed by atoms with Crippen molar-refractivity contribution >= 4 is 16.9 Å². The van der Waals surface area contributed by atoms with E-state index in [0.29, 0.717) is 29.1 Å². The molecule has 1 N–H and O–H groups in total. The normalized spacial score (nSPS) is 10.5. The summed E-state index contributed by atoms with van der Waals surface area (Å²) in [6.45, 7) is 1.95. The van der Waals surface area contributed by atoms with Crippen LogP contribution in [0.25, 0.3) is 11.0 Å². The Morgan fingerprint density at radius 2 is 2.24 bits per heavy atom. The van der Waals surface area contributed by atoms with E-state index in [1.54, 1.807) is 14.2 Å². The fourth-order valence-corrected chi connectivity index (χ4v) is 1.95. The Labute approximate surface area is 99.6 Å². The summed E-state index contributed by atoms with van der Waals surface area (Å²) in [6, 6.07) is 5.50. The van der Waals surface area contributed by atoms with Crippen LogP contribution >= 0.6 is 0 Å². The molecule has 1 aromatic carbocycles. The molecule has 2 rings (SSSR count). The molecule has 0 aliphatic rings. The third-order valence-corrected chi connectivity index (χ3v) is 2.75. The van der Waals surface area contributed by atoms with Crippen LogP contribution in [0.15, 0.2) is 22.6 Å². The van der Waals surface area contributed by atoms with Gasteiger partial charge in [0, 0.05) is 13.5 Å². The van der Waals surface area contributed by atoms with E-state index in [4.69, 9.17) is 9.15 Å². The molecule has 90 valence electrons. The highest BCUT2D eigenvalue weighted by atomic mass is 16.5. The number of hydrogen-bond donors (Lipinski definition) is 1. The first kappa shape index (κ1) is 11.5. The van der Waals surface area contributed by atoms with Crippen LogP contribution < -0.4 is 10.1 Å². The van der Waals surface area contributed by atoms with Gasteiger partial charge in [-0.15, -0.1) is 0 Å². The van der Waals surface area contributed by atoms with E-state index in [2.05, 4.69) is 5.32 Å². The van der Waals surface area contributed by atoms with Gasteiger partial charge in [0.2, 0.25) is 0 Å². The van der Waals surface area contributed by atoms with Crippen molar-refractivity contribution in [1.82, 2.24) is 5.32 Å². The molecule has 17 heavy (non-hydrogen) atoms. The van der Waals surface area contributed by atoms with Crippen molar-refractivity contribution in [2.75, 3.05) is 14.2 Å². The maximum Gasteiger partial charge on any atom is 0.255 e. The van der Waals surface area contributed by atoms with Gasteiger partial charge in [-0.3, -0.25) is 4.79 Å². The van der Waals surface area contributed by atoms with E-state index in [9.17, 15) is 4.79 Å². The van der Waals surface area contributed by atoms with E-state index in [1.807, 2.05) is 25.1 Å². The Kier molecular flexibility index (Phi) is 3.04. The number of ether oxygens (including phenoxy) is 1. The number of aryl methyl sites for hydroxylation is 1. The summed E-state index contributed by atoms with van der Waals surface area (Å²) in [6.07, 6.45) is 0.667. The van der Waals surface area contributed by atoms with Crippen molar-refractivity contribution in [3.8, 4) is 5.75 Å². The standard InChI is InChI=1S/C13H15NO3/c1-4-8-12(13(15)14-2)11-9(16-3)6-5-7-10(11)17-8/h5-7H,4H2,1-3H3,(H,14,15). The average molecular weight is 233 g/mol. The monoisotopic (exact) mass is 233 g/mol. The average Bonchev–Trinajstić information content (AvgIpc) is 2.75. The molecular formula is C13H15NO3. The second-order valence-electron chi connectivity index (χ2n) is 3.67. The molecule has 0 unspecified atom stereocenters. The van der Waals surface area contributed by atoms with Crippen LogP contribution in [0.5, 0.6) is 5.75 Å². The lowest BCUT2D eigenvalue weighted by Crippen LogP contribution is -2.18. The van der Waals surface area contributed by atoms with Crippen molar-refractivity contribution in [3.63, 3.8) is 0 Å². The molecule has 0 radical (unpaired) electrons. The summed E-state index contributed by atoms with van der Waals surface area (Å²) in [4.78, 5) is 11.9. The molecule has 0 atom stereocenters. The summed E-state index contributed by atoms with van der Waals surface area (Å²) in [5.74, 6) is 1.19. The highest BCUT2D eigenvalue weighted by Gasteiger charge is 2.21. The van der Waals surface area contributed by atoms with Crippen molar-refractivity contribution in [1.29, 1.82) is 0 Å². The minimum atomic E-state index is -0.148. The maximum absolute atomic E-state index is 11.9. The molecule has 4 heteroatoms. The summed E-state index contributed by atoms with van der Waals surface area (Å²) >= 11 is 0. The van der Waals surface area contributed by atoms with Crippen LogP contribution in [-0.4, -0.2) is 20.1 Å². The molecule has 2 aromatic rings. The Morgan fingerprint density at radius 3 is 2.82 bits per heavy atom.